The molecule has 1 saturated heterocycles. The quantitative estimate of drug-likeness (QED) is 0.744. The maximum absolute atomic E-state index is 12.6. The van der Waals surface area contributed by atoms with Crippen molar-refractivity contribution in [2.24, 2.45) is 5.92 Å². The van der Waals surface area contributed by atoms with Crippen LogP contribution in [0.4, 0.5) is 0 Å². The molecule has 2 aliphatic rings. The van der Waals surface area contributed by atoms with Gasteiger partial charge in [-0.15, -0.1) is 0 Å². The molecule has 2 N–H and O–H groups in total. The van der Waals surface area contributed by atoms with Gasteiger partial charge in [-0.1, -0.05) is 26.2 Å². The lowest BCUT2D eigenvalue weighted by atomic mass is 9.81. The van der Waals surface area contributed by atoms with E-state index < -0.39 is 27.4 Å². The van der Waals surface area contributed by atoms with E-state index in [1.807, 2.05) is 6.92 Å². The highest BCUT2D eigenvalue weighted by Crippen LogP contribution is 2.30. The van der Waals surface area contributed by atoms with E-state index in [-0.39, 0.29) is 18.2 Å². The highest BCUT2D eigenvalue weighted by molar-refractivity contribution is 7.89. The standard InChI is InChI=1S/C16H28N2O5S/c1-2-11-24(22,23)18-10-6-7-13(12-18)14(19)17-16(15(20)21)8-4-3-5-9-16/h13H,2-12H2,1H3,(H,17,19)(H,20,21)/t13-/m0/s1. The number of carbonyl (C=O) groups is 2. The predicted molar refractivity (Wildman–Crippen MR) is 90.0 cm³/mol. The van der Waals surface area contributed by atoms with E-state index in [4.69, 9.17) is 0 Å². The van der Waals surface area contributed by atoms with E-state index in [1.54, 1.807) is 0 Å². The molecule has 0 aromatic rings. The van der Waals surface area contributed by atoms with E-state index in [0.717, 1.165) is 19.3 Å². The fraction of sp³-hybridized carbons (Fsp3) is 0.875. The zero-order valence-corrected chi connectivity index (χ0v) is 15.1. The number of hydrogen-bond acceptors (Lipinski definition) is 4. The minimum absolute atomic E-state index is 0.0837. The number of carboxylic acid groups (broad SMARTS) is 1. The summed E-state index contributed by atoms with van der Waals surface area (Å²) < 4.78 is 25.8. The first-order chi connectivity index (χ1) is 11.3. The summed E-state index contributed by atoms with van der Waals surface area (Å²) >= 11 is 0. The Kier molecular flexibility index (Phi) is 6.25. The normalized spacial score (nSPS) is 25.1. The Hall–Kier alpha value is -1.15. The van der Waals surface area contributed by atoms with Gasteiger partial charge in [0, 0.05) is 13.1 Å². The third kappa shape index (κ3) is 4.27. The van der Waals surface area contributed by atoms with Crippen LogP contribution in [0.1, 0.15) is 58.3 Å². The van der Waals surface area contributed by atoms with Crippen LogP contribution >= 0.6 is 0 Å². The first kappa shape index (κ1) is 19.2. The summed E-state index contributed by atoms with van der Waals surface area (Å²) in [6.45, 7) is 2.41. The largest absolute Gasteiger partial charge is 0.480 e. The van der Waals surface area contributed by atoms with Crippen LogP contribution in [0, 0.1) is 5.92 Å². The number of nitrogens with one attached hydrogen (secondary N) is 1. The number of amides is 1. The smallest absolute Gasteiger partial charge is 0.329 e. The van der Waals surface area contributed by atoms with Crippen LogP contribution in [-0.4, -0.2) is 54.1 Å². The maximum atomic E-state index is 12.6. The van der Waals surface area contributed by atoms with Crippen molar-refractivity contribution in [2.45, 2.75) is 63.8 Å². The van der Waals surface area contributed by atoms with Crippen molar-refractivity contribution in [1.82, 2.24) is 9.62 Å². The van der Waals surface area contributed by atoms with Crippen LogP contribution < -0.4 is 5.32 Å². The summed E-state index contributed by atoms with van der Waals surface area (Å²) in [4.78, 5) is 24.3. The lowest BCUT2D eigenvalue weighted by molar-refractivity contribution is -0.150. The summed E-state index contributed by atoms with van der Waals surface area (Å²) in [6.07, 6.45) is 5.20. The number of aliphatic carboxylic acids is 1. The molecular formula is C16H28N2O5S. The molecule has 1 saturated carbocycles. The van der Waals surface area contributed by atoms with Crippen LogP contribution in [0.2, 0.25) is 0 Å². The minimum atomic E-state index is -3.33. The summed E-state index contributed by atoms with van der Waals surface area (Å²) in [6, 6.07) is 0. The fourth-order valence-corrected chi connectivity index (χ4v) is 5.27. The molecule has 0 aromatic heterocycles. The summed E-state index contributed by atoms with van der Waals surface area (Å²) in [5.41, 5.74) is -1.18. The van der Waals surface area contributed by atoms with Crippen molar-refractivity contribution in [1.29, 1.82) is 0 Å². The second-order valence-corrected chi connectivity index (χ2v) is 9.04. The van der Waals surface area contributed by atoms with Crippen molar-refractivity contribution in [3.8, 4) is 0 Å². The Morgan fingerprint density at radius 3 is 2.46 bits per heavy atom. The molecule has 0 spiro atoms. The van der Waals surface area contributed by atoms with Gasteiger partial charge in [-0.2, -0.15) is 0 Å². The average Bonchev–Trinajstić information content (AvgIpc) is 2.55. The van der Waals surface area contributed by atoms with E-state index in [1.165, 1.54) is 4.31 Å². The SMILES string of the molecule is CCCS(=O)(=O)N1CCC[C@H](C(=O)NC2(C(=O)O)CCCCC2)C1. The number of carboxylic acids is 1. The Labute approximate surface area is 143 Å². The van der Waals surface area contributed by atoms with Gasteiger partial charge in [0.2, 0.25) is 15.9 Å². The van der Waals surface area contributed by atoms with Gasteiger partial charge >= 0.3 is 5.97 Å². The lowest BCUT2D eigenvalue weighted by Crippen LogP contribution is -2.58. The molecule has 1 aliphatic heterocycles. The zero-order valence-electron chi connectivity index (χ0n) is 14.3. The molecule has 1 atom stereocenters. The third-order valence-electron chi connectivity index (χ3n) is 5.09. The van der Waals surface area contributed by atoms with Gasteiger partial charge in [-0.3, -0.25) is 4.79 Å². The molecule has 0 unspecified atom stereocenters. The van der Waals surface area contributed by atoms with Crippen molar-refractivity contribution in [3.63, 3.8) is 0 Å². The summed E-state index contributed by atoms with van der Waals surface area (Å²) in [7, 11) is -3.33. The third-order valence-corrected chi connectivity index (χ3v) is 7.13. The predicted octanol–water partition coefficient (Wildman–Crippen LogP) is 1.34. The maximum Gasteiger partial charge on any atom is 0.329 e. The second kappa shape index (κ2) is 7.82. The van der Waals surface area contributed by atoms with E-state index in [9.17, 15) is 23.1 Å². The Morgan fingerprint density at radius 2 is 1.88 bits per heavy atom. The number of carbonyl (C=O) groups excluding carboxylic acids is 1. The molecule has 2 fully saturated rings. The number of nitrogens with zero attached hydrogens (tertiary/aromatic N) is 1. The van der Waals surface area contributed by atoms with Crippen molar-refractivity contribution < 1.29 is 23.1 Å². The van der Waals surface area contributed by atoms with Gasteiger partial charge in [0.1, 0.15) is 5.54 Å². The van der Waals surface area contributed by atoms with E-state index in [2.05, 4.69) is 5.32 Å². The Bertz CT molecular complexity index is 569. The van der Waals surface area contributed by atoms with Gasteiger partial charge in [0.25, 0.3) is 0 Å². The molecule has 138 valence electrons. The summed E-state index contributed by atoms with van der Waals surface area (Å²) in [5, 5.41) is 12.3. The lowest BCUT2D eigenvalue weighted by Gasteiger charge is -2.37. The molecule has 0 bridgehead atoms. The van der Waals surface area contributed by atoms with Crippen molar-refractivity contribution in [2.75, 3.05) is 18.8 Å². The first-order valence-corrected chi connectivity index (χ1v) is 10.4. The molecule has 24 heavy (non-hydrogen) atoms. The van der Waals surface area contributed by atoms with Crippen LogP contribution in [0.15, 0.2) is 0 Å². The van der Waals surface area contributed by atoms with E-state index >= 15 is 0 Å². The van der Waals surface area contributed by atoms with Gasteiger partial charge < -0.3 is 10.4 Å². The van der Waals surface area contributed by atoms with E-state index in [0.29, 0.717) is 38.6 Å². The molecule has 8 heteroatoms. The second-order valence-electron chi connectivity index (χ2n) is 6.95. The summed E-state index contributed by atoms with van der Waals surface area (Å²) in [5.74, 6) is -1.69. The molecule has 1 aliphatic carbocycles. The van der Waals surface area contributed by atoms with Crippen molar-refractivity contribution >= 4 is 21.9 Å². The molecule has 0 aromatic carbocycles. The molecule has 2 rings (SSSR count). The number of sulfonamides is 1. The Balaban J connectivity index is 2.04. The van der Waals surface area contributed by atoms with Gasteiger partial charge in [0.15, 0.2) is 0 Å². The average molecular weight is 360 g/mol. The Morgan fingerprint density at radius 1 is 1.21 bits per heavy atom. The molecule has 0 radical (unpaired) electrons. The minimum Gasteiger partial charge on any atom is -0.480 e. The monoisotopic (exact) mass is 360 g/mol. The van der Waals surface area contributed by atoms with Crippen LogP contribution in [-0.2, 0) is 19.6 Å². The van der Waals surface area contributed by atoms with Crippen molar-refractivity contribution in [3.05, 3.63) is 0 Å². The number of hydrogen-bond donors (Lipinski definition) is 2. The molecule has 7 nitrogen and oxygen atoms in total. The number of piperidine rings is 1. The van der Waals surface area contributed by atoms with Gasteiger partial charge in [0.05, 0.1) is 11.7 Å². The molecule has 1 heterocycles. The fourth-order valence-electron chi connectivity index (χ4n) is 3.68. The highest BCUT2D eigenvalue weighted by atomic mass is 32.2. The molecular weight excluding hydrogens is 332 g/mol. The highest BCUT2D eigenvalue weighted by Gasteiger charge is 2.43. The van der Waals surface area contributed by atoms with Gasteiger partial charge in [-0.05, 0) is 32.1 Å². The zero-order chi connectivity index (χ0) is 17.8. The van der Waals surface area contributed by atoms with Gasteiger partial charge in [-0.25, -0.2) is 17.5 Å². The first-order valence-electron chi connectivity index (χ1n) is 8.84. The topological polar surface area (TPSA) is 104 Å². The number of rotatable bonds is 6. The van der Waals surface area contributed by atoms with Crippen LogP contribution in [0.25, 0.3) is 0 Å². The van der Waals surface area contributed by atoms with Crippen LogP contribution in [0.5, 0.6) is 0 Å². The molecule has 1 amide bonds. The van der Waals surface area contributed by atoms with Crippen LogP contribution in [0.3, 0.4) is 0 Å².